The number of non-ortho nitro benzene ring substituents is 1. The molecule has 0 radical (unpaired) electrons. The van der Waals surface area contributed by atoms with E-state index in [9.17, 15) is 28.1 Å². The Morgan fingerprint density at radius 3 is 2.57 bits per heavy atom. The van der Waals surface area contributed by atoms with Gasteiger partial charge in [-0.15, -0.1) is 0 Å². The number of hydrogen-bond acceptors (Lipinski definition) is 6. The quantitative estimate of drug-likeness (QED) is 0.207. The van der Waals surface area contributed by atoms with Crippen molar-refractivity contribution in [3.63, 3.8) is 0 Å². The third-order valence-corrected chi connectivity index (χ3v) is 5.79. The molecule has 1 amide bonds. The van der Waals surface area contributed by atoms with E-state index in [0.29, 0.717) is 16.5 Å². The molecule has 9 nitrogen and oxygen atoms in total. The molecule has 0 bridgehead atoms. The molecule has 192 valence electrons. The van der Waals surface area contributed by atoms with Crippen LogP contribution in [0.15, 0.2) is 59.0 Å². The van der Waals surface area contributed by atoms with E-state index < -0.39 is 28.3 Å². The van der Waals surface area contributed by atoms with Crippen molar-refractivity contribution in [1.82, 2.24) is 9.78 Å². The number of nitrogens with zero attached hydrogens (tertiary/aromatic N) is 3. The molecule has 2 aromatic heterocycles. The van der Waals surface area contributed by atoms with Gasteiger partial charge in [-0.1, -0.05) is 17.7 Å². The zero-order valence-corrected chi connectivity index (χ0v) is 20.1. The number of rotatable bonds is 7. The second-order valence-electron chi connectivity index (χ2n) is 7.96. The number of furan rings is 1. The Morgan fingerprint density at radius 2 is 1.92 bits per heavy atom. The number of nitro benzene ring substituents is 1. The van der Waals surface area contributed by atoms with E-state index in [2.05, 4.69) is 10.4 Å². The maximum absolute atomic E-state index is 13.0. The molecule has 0 aliphatic rings. The van der Waals surface area contributed by atoms with Gasteiger partial charge in [0, 0.05) is 12.1 Å². The Labute approximate surface area is 212 Å². The lowest BCUT2D eigenvalue weighted by Gasteiger charge is -2.11. The van der Waals surface area contributed by atoms with Crippen molar-refractivity contribution in [1.29, 1.82) is 0 Å². The minimum Gasteiger partial charge on any atom is -0.457 e. The summed E-state index contributed by atoms with van der Waals surface area (Å²) in [4.78, 5) is 23.4. The van der Waals surface area contributed by atoms with Crippen molar-refractivity contribution >= 4 is 28.9 Å². The number of aryl methyl sites for hydroxylation is 1. The van der Waals surface area contributed by atoms with E-state index in [1.807, 2.05) is 0 Å². The van der Waals surface area contributed by atoms with Crippen LogP contribution in [0.4, 0.5) is 24.5 Å². The van der Waals surface area contributed by atoms with E-state index in [1.54, 1.807) is 24.6 Å². The second kappa shape index (κ2) is 9.97. The van der Waals surface area contributed by atoms with Crippen LogP contribution in [0.1, 0.15) is 33.3 Å². The highest BCUT2D eigenvalue weighted by Gasteiger charge is 2.30. The van der Waals surface area contributed by atoms with Crippen LogP contribution in [0.5, 0.6) is 11.5 Å². The normalized spacial score (nSPS) is 11.4. The van der Waals surface area contributed by atoms with E-state index in [0.717, 1.165) is 36.0 Å². The molecule has 0 saturated carbocycles. The molecule has 2 aromatic carbocycles. The van der Waals surface area contributed by atoms with Gasteiger partial charge in [0.2, 0.25) is 0 Å². The summed E-state index contributed by atoms with van der Waals surface area (Å²) in [6.45, 7) is 3.77. The van der Waals surface area contributed by atoms with E-state index >= 15 is 0 Å². The number of carbonyl (C=O) groups is 1. The summed E-state index contributed by atoms with van der Waals surface area (Å²) in [5, 5.41) is 18.7. The monoisotopic (exact) mass is 534 g/mol. The number of alkyl halides is 3. The zero-order chi connectivity index (χ0) is 26.9. The summed E-state index contributed by atoms with van der Waals surface area (Å²) >= 11 is 6.15. The molecule has 0 spiro atoms. The molecule has 0 fully saturated rings. The lowest BCUT2D eigenvalue weighted by Crippen LogP contribution is -2.11. The molecular weight excluding hydrogens is 517 g/mol. The van der Waals surface area contributed by atoms with Crippen LogP contribution in [-0.2, 0) is 12.7 Å². The topological polar surface area (TPSA) is 112 Å². The van der Waals surface area contributed by atoms with Crippen molar-refractivity contribution in [3.05, 3.63) is 98.2 Å². The molecule has 13 heteroatoms. The fourth-order valence-corrected chi connectivity index (χ4v) is 3.58. The smallest absolute Gasteiger partial charge is 0.416 e. The molecule has 4 aromatic rings. The average molecular weight is 535 g/mol. The van der Waals surface area contributed by atoms with Crippen LogP contribution in [-0.4, -0.2) is 20.6 Å². The zero-order valence-electron chi connectivity index (χ0n) is 19.3. The highest BCUT2D eigenvalue weighted by Crippen LogP contribution is 2.34. The van der Waals surface area contributed by atoms with Gasteiger partial charge in [0.1, 0.15) is 17.3 Å². The van der Waals surface area contributed by atoms with Gasteiger partial charge < -0.3 is 14.5 Å². The molecule has 1 N–H and O–H groups in total. The van der Waals surface area contributed by atoms with Gasteiger partial charge in [0.25, 0.3) is 11.6 Å². The van der Waals surface area contributed by atoms with Crippen LogP contribution in [0.2, 0.25) is 5.02 Å². The van der Waals surface area contributed by atoms with Gasteiger partial charge >= 0.3 is 6.18 Å². The van der Waals surface area contributed by atoms with Crippen LogP contribution < -0.4 is 10.1 Å². The molecule has 4 rings (SSSR count). The fourth-order valence-electron chi connectivity index (χ4n) is 3.45. The Morgan fingerprint density at radius 1 is 1.16 bits per heavy atom. The van der Waals surface area contributed by atoms with Crippen LogP contribution >= 0.6 is 11.6 Å². The van der Waals surface area contributed by atoms with Crippen molar-refractivity contribution in [3.8, 4) is 11.5 Å². The fraction of sp³-hybridized carbons (Fsp3) is 0.167. The Hall–Kier alpha value is -4.32. The first kappa shape index (κ1) is 25.8. The van der Waals surface area contributed by atoms with Crippen molar-refractivity contribution < 1.29 is 32.0 Å². The molecule has 37 heavy (non-hydrogen) atoms. The summed E-state index contributed by atoms with van der Waals surface area (Å²) < 4.78 is 51.6. The van der Waals surface area contributed by atoms with E-state index in [1.165, 1.54) is 18.2 Å². The molecule has 0 saturated heterocycles. The van der Waals surface area contributed by atoms with Crippen LogP contribution in [0.3, 0.4) is 0 Å². The minimum absolute atomic E-state index is 0.0237. The van der Waals surface area contributed by atoms with Crippen molar-refractivity contribution in [2.24, 2.45) is 0 Å². The first-order chi connectivity index (χ1) is 17.4. The first-order valence-corrected chi connectivity index (χ1v) is 11.0. The molecule has 2 heterocycles. The van der Waals surface area contributed by atoms with Gasteiger partial charge in [-0.25, -0.2) is 0 Å². The van der Waals surface area contributed by atoms with Gasteiger partial charge in [0.15, 0.2) is 5.76 Å². The number of amides is 1. The number of nitro groups is 1. The largest absolute Gasteiger partial charge is 0.457 e. The first-order valence-electron chi connectivity index (χ1n) is 10.6. The molecular formula is C24H18ClF3N4O5. The van der Waals surface area contributed by atoms with Gasteiger partial charge in [-0.2, -0.15) is 18.3 Å². The highest BCUT2D eigenvalue weighted by atomic mass is 35.5. The van der Waals surface area contributed by atoms with Crippen LogP contribution in [0, 0.1) is 24.0 Å². The molecule has 0 aliphatic carbocycles. The number of hydrogen-bond donors (Lipinski definition) is 1. The number of halogens is 4. The van der Waals surface area contributed by atoms with Crippen LogP contribution in [0.25, 0.3) is 0 Å². The lowest BCUT2D eigenvalue weighted by atomic mass is 10.2. The Bertz CT molecular complexity index is 1500. The summed E-state index contributed by atoms with van der Waals surface area (Å²) in [6.07, 6.45) is -4.59. The predicted molar refractivity (Wildman–Crippen MR) is 127 cm³/mol. The number of carbonyl (C=O) groups excluding carboxylic acids is 1. The SMILES string of the molecule is Cc1nn(Cc2ccc(C(=O)Nc3cc(Oc4cccc(C(F)(F)F)c4)cc([N+](=O)[O-])c3)o2)c(C)c1Cl. The van der Waals surface area contributed by atoms with Crippen molar-refractivity contribution in [2.45, 2.75) is 26.6 Å². The van der Waals surface area contributed by atoms with Gasteiger partial charge in [-0.3, -0.25) is 19.6 Å². The molecule has 0 unspecified atom stereocenters. The summed E-state index contributed by atoms with van der Waals surface area (Å²) in [7, 11) is 0. The average Bonchev–Trinajstić information content (AvgIpc) is 3.39. The Kier molecular flexibility index (Phi) is 6.94. The second-order valence-corrected chi connectivity index (χ2v) is 8.34. The summed E-state index contributed by atoms with van der Waals surface area (Å²) in [6, 6.07) is 10.4. The van der Waals surface area contributed by atoms with E-state index in [4.69, 9.17) is 20.8 Å². The number of nitrogens with one attached hydrogen (secondary N) is 1. The number of aromatic nitrogens is 2. The lowest BCUT2D eigenvalue weighted by molar-refractivity contribution is -0.384. The number of anilines is 1. The third kappa shape index (κ3) is 5.92. The third-order valence-electron chi connectivity index (χ3n) is 5.24. The predicted octanol–water partition coefficient (Wildman–Crippen LogP) is 6.77. The van der Waals surface area contributed by atoms with E-state index in [-0.39, 0.29) is 29.5 Å². The minimum atomic E-state index is -4.59. The summed E-state index contributed by atoms with van der Waals surface area (Å²) in [5.74, 6) is -0.699. The summed E-state index contributed by atoms with van der Waals surface area (Å²) in [5.41, 5.74) is -0.0323. The van der Waals surface area contributed by atoms with Gasteiger partial charge in [-0.05, 0) is 44.2 Å². The standard InChI is InChI=1S/C24H18ClF3N4O5/c1-13-22(25)14(2)31(30-13)12-19-6-7-21(37-19)23(33)29-16-9-17(32(34)35)11-20(10-16)36-18-5-3-4-15(8-18)24(26,27)28/h3-11H,12H2,1-2H3,(H,29,33). The maximum Gasteiger partial charge on any atom is 0.416 e. The maximum atomic E-state index is 13.0. The number of benzene rings is 2. The molecule has 0 atom stereocenters. The van der Waals surface area contributed by atoms with Gasteiger partial charge in [0.05, 0.1) is 45.2 Å². The molecule has 0 aliphatic heterocycles. The van der Waals surface area contributed by atoms with Crippen molar-refractivity contribution in [2.75, 3.05) is 5.32 Å². The number of ether oxygens (including phenoxy) is 1. The Balaban J connectivity index is 1.53. The highest BCUT2D eigenvalue weighted by molar-refractivity contribution is 6.31.